The van der Waals surface area contributed by atoms with Crippen molar-refractivity contribution in [3.63, 3.8) is 0 Å². The van der Waals surface area contributed by atoms with Crippen molar-refractivity contribution in [3.05, 3.63) is 58.4 Å². The van der Waals surface area contributed by atoms with Crippen molar-refractivity contribution in [1.82, 2.24) is 9.29 Å². The number of benzene rings is 2. The molecule has 2 heterocycles. The van der Waals surface area contributed by atoms with E-state index in [9.17, 15) is 13.2 Å². The van der Waals surface area contributed by atoms with Crippen LogP contribution in [-0.2, 0) is 21.3 Å². The highest BCUT2D eigenvalue weighted by molar-refractivity contribution is 7.89. The molecule has 1 aliphatic rings. The van der Waals surface area contributed by atoms with Crippen molar-refractivity contribution < 1.29 is 27.4 Å². The number of aromatic nitrogens is 1. The average Bonchev–Trinajstić information content (AvgIpc) is 3.36. The Kier molecular flexibility index (Phi) is 7.11. The van der Waals surface area contributed by atoms with E-state index in [4.69, 9.17) is 18.9 Å². The fraction of sp³-hybridized carbons (Fsp3) is 0.375. The predicted octanol–water partition coefficient (Wildman–Crippen LogP) is 2.92. The van der Waals surface area contributed by atoms with Gasteiger partial charge in [-0.1, -0.05) is 0 Å². The summed E-state index contributed by atoms with van der Waals surface area (Å²) >= 11 is 0. The maximum absolute atomic E-state index is 13.6. The zero-order valence-electron chi connectivity index (χ0n) is 19.4. The quantitative estimate of drug-likeness (QED) is 0.493. The van der Waals surface area contributed by atoms with Crippen molar-refractivity contribution in [3.8, 4) is 17.2 Å². The third-order valence-corrected chi connectivity index (χ3v) is 7.73. The van der Waals surface area contributed by atoms with Gasteiger partial charge in [-0.2, -0.15) is 4.31 Å². The van der Waals surface area contributed by atoms with Gasteiger partial charge in [0.2, 0.25) is 10.0 Å². The van der Waals surface area contributed by atoms with Gasteiger partial charge < -0.3 is 23.9 Å². The third-order valence-electron chi connectivity index (χ3n) is 5.90. The van der Waals surface area contributed by atoms with Crippen LogP contribution in [0.1, 0.15) is 18.4 Å². The first kappa shape index (κ1) is 24.1. The van der Waals surface area contributed by atoms with E-state index in [1.807, 2.05) is 0 Å². The maximum atomic E-state index is 13.6. The molecule has 1 N–H and O–H groups in total. The lowest BCUT2D eigenvalue weighted by molar-refractivity contribution is 0.0925. The largest absolute Gasteiger partial charge is 0.497 e. The maximum Gasteiger partial charge on any atom is 0.252 e. The molecule has 1 aliphatic heterocycles. The normalized spacial score (nSPS) is 16.2. The number of rotatable bonds is 9. The Labute approximate surface area is 198 Å². The van der Waals surface area contributed by atoms with Crippen LogP contribution >= 0.6 is 0 Å². The number of sulfonamides is 1. The van der Waals surface area contributed by atoms with Crippen LogP contribution < -0.4 is 19.8 Å². The van der Waals surface area contributed by atoms with E-state index in [1.165, 1.54) is 37.8 Å². The summed E-state index contributed by atoms with van der Waals surface area (Å²) < 4.78 is 50.0. The lowest BCUT2D eigenvalue weighted by Gasteiger charge is -2.25. The Morgan fingerprint density at radius 3 is 2.35 bits per heavy atom. The fourth-order valence-corrected chi connectivity index (χ4v) is 5.50. The second-order valence-electron chi connectivity index (χ2n) is 8.03. The fourth-order valence-electron chi connectivity index (χ4n) is 4.05. The van der Waals surface area contributed by atoms with E-state index >= 15 is 0 Å². The molecule has 0 saturated carbocycles. The second-order valence-corrected chi connectivity index (χ2v) is 9.96. The number of methoxy groups -OCH3 is 3. The first-order chi connectivity index (χ1) is 16.3. The molecule has 0 radical (unpaired) electrons. The van der Waals surface area contributed by atoms with Gasteiger partial charge in [0, 0.05) is 36.7 Å². The van der Waals surface area contributed by atoms with Crippen molar-refractivity contribution in [1.29, 1.82) is 0 Å². The molecule has 1 aromatic heterocycles. The minimum atomic E-state index is -3.90. The van der Waals surface area contributed by atoms with Gasteiger partial charge in [0.1, 0.15) is 5.75 Å². The summed E-state index contributed by atoms with van der Waals surface area (Å²) in [5.41, 5.74) is 0.506. The number of H-pyrrole nitrogens is 1. The molecule has 34 heavy (non-hydrogen) atoms. The third kappa shape index (κ3) is 4.89. The molecule has 9 nitrogen and oxygen atoms in total. The van der Waals surface area contributed by atoms with Crippen LogP contribution in [0.15, 0.2) is 52.2 Å². The molecule has 3 aromatic rings. The molecule has 0 bridgehead atoms. The molecule has 182 valence electrons. The standard InChI is InChI=1S/C24H28N2O7S/c1-30-18-6-8-20(9-7-18)34(28,29)26(15-19-5-4-10-33-19)14-17-11-16-12-22(31-2)23(32-3)13-21(16)25-24(17)27/h6-9,11-13,19H,4-5,10,14-15H2,1-3H3,(H,25,27)/t19-/m0/s1. The lowest BCUT2D eigenvalue weighted by Crippen LogP contribution is -2.38. The van der Waals surface area contributed by atoms with Crippen molar-refractivity contribution >= 4 is 20.9 Å². The van der Waals surface area contributed by atoms with Crippen molar-refractivity contribution in [2.75, 3.05) is 34.5 Å². The summed E-state index contributed by atoms with van der Waals surface area (Å²) in [6.07, 6.45) is 1.41. The number of hydrogen-bond acceptors (Lipinski definition) is 7. The highest BCUT2D eigenvalue weighted by Crippen LogP contribution is 2.31. The van der Waals surface area contributed by atoms with Gasteiger partial charge in [-0.05, 0) is 49.2 Å². The molecule has 0 spiro atoms. The molecule has 0 unspecified atom stereocenters. The van der Waals surface area contributed by atoms with E-state index in [-0.39, 0.29) is 29.6 Å². The van der Waals surface area contributed by atoms with Gasteiger partial charge in [0.15, 0.2) is 11.5 Å². The molecule has 1 saturated heterocycles. The predicted molar refractivity (Wildman–Crippen MR) is 127 cm³/mol. The Balaban J connectivity index is 1.73. The number of aromatic amines is 1. The number of fused-ring (bicyclic) bond motifs is 1. The van der Waals surface area contributed by atoms with Gasteiger partial charge in [-0.25, -0.2) is 8.42 Å². The summed E-state index contributed by atoms with van der Waals surface area (Å²) in [6.45, 7) is 0.644. The number of pyridine rings is 1. The van der Waals surface area contributed by atoms with E-state index in [0.717, 1.165) is 12.8 Å². The molecule has 2 aromatic carbocycles. The summed E-state index contributed by atoms with van der Waals surface area (Å²) in [6, 6.07) is 11.3. The van der Waals surface area contributed by atoms with E-state index in [1.54, 1.807) is 30.3 Å². The zero-order chi connectivity index (χ0) is 24.3. The van der Waals surface area contributed by atoms with E-state index in [0.29, 0.717) is 40.3 Å². The topological polar surface area (TPSA) is 107 Å². The summed E-state index contributed by atoms with van der Waals surface area (Å²) in [5.74, 6) is 1.55. The van der Waals surface area contributed by atoms with E-state index in [2.05, 4.69) is 4.98 Å². The average molecular weight is 489 g/mol. The Morgan fingerprint density at radius 2 is 1.74 bits per heavy atom. The molecule has 0 amide bonds. The second kappa shape index (κ2) is 10.0. The van der Waals surface area contributed by atoms with Crippen LogP contribution in [0.4, 0.5) is 0 Å². The Bertz CT molecular complexity index is 1310. The summed E-state index contributed by atoms with van der Waals surface area (Å²) in [5, 5.41) is 0.700. The van der Waals surface area contributed by atoms with Crippen LogP contribution in [0.25, 0.3) is 10.9 Å². The summed E-state index contributed by atoms with van der Waals surface area (Å²) in [4.78, 5) is 15.9. The van der Waals surface area contributed by atoms with Crippen LogP contribution in [0.3, 0.4) is 0 Å². The lowest BCUT2D eigenvalue weighted by atomic mass is 10.1. The minimum Gasteiger partial charge on any atom is -0.497 e. The number of ether oxygens (including phenoxy) is 4. The minimum absolute atomic E-state index is 0.103. The van der Waals surface area contributed by atoms with E-state index < -0.39 is 10.0 Å². The van der Waals surface area contributed by atoms with Crippen LogP contribution in [0.2, 0.25) is 0 Å². The van der Waals surface area contributed by atoms with Gasteiger partial charge in [-0.3, -0.25) is 4.79 Å². The van der Waals surface area contributed by atoms with Crippen LogP contribution in [-0.4, -0.2) is 58.3 Å². The first-order valence-corrected chi connectivity index (χ1v) is 12.3. The zero-order valence-corrected chi connectivity index (χ0v) is 20.2. The number of nitrogens with zero attached hydrogens (tertiary/aromatic N) is 1. The highest BCUT2D eigenvalue weighted by Gasteiger charge is 2.30. The van der Waals surface area contributed by atoms with Crippen LogP contribution in [0, 0.1) is 0 Å². The molecule has 10 heteroatoms. The Hall–Kier alpha value is -3.08. The van der Waals surface area contributed by atoms with Gasteiger partial charge in [-0.15, -0.1) is 0 Å². The summed E-state index contributed by atoms with van der Waals surface area (Å²) in [7, 11) is 0.659. The smallest absolute Gasteiger partial charge is 0.252 e. The van der Waals surface area contributed by atoms with Gasteiger partial charge in [0.25, 0.3) is 5.56 Å². The number of nitrogens with one attached hydrogen (secondary N) is 1. The first-order valence-electron chi connectivity index (χ1n) is 10.9. The highest BCUT2D eigenvalue weighted by atomic mass is 32.2. The van der Waals surface area contributed by atoms with Crippen molar-refractivity contribution in [2.45, 2.75) is 30.4 Å². The Morgan fingerprint density at radius 1 is 1.03 bits per heavy atom. The molecule has 4 rings (SSSR count). The molecular weight excluding hydrogens is 460 g/mol. The van der Waals surface area contributed by atoms with Gasteiger partial charge in [0.05, 0.1) is 37.8 Å². The molecule has 1 atom stereocenters. The van der Waals surface area contributed by atoms with Crippen molar-refractivity contribution in [2.24, 2.45) is 0 Å². The SMILES string of the molecule is COc1ccc(S(=O)(=O)N(Cc2cc3cc(OC)c(OC)cc3[nH]c2=O)C[C@@H]2CCCO2)cc1. The molecule has 1 fully saturated rings. The van der Waals surface area contributed by atoms with Gasteiger partial charge >= 0.3 is 0 Å². The van der Waals surface area contributed by atoms with Crippen LogP contribution in [0.5, 0.6) is 17.2 Å². The number of hydrogen-bond donors (Lipinski definition) is 1. The molecular formula is C24H28N2O7S. The molecule has 0 aliphatic carbocycles. The monoisotopic (exact) mass is 488 g/mol.